The van der Waals surface area contributed by atoms with Crippen LogP contribution in [0.1, 0.15) is 107 Å². The Morgan fingerprint density at radius 2 is 0.582 bits per heavy atom. The molecular formula is C78H126N26O37. The van der Waals surface area contributed by atoms with Crippen LogP contribution in [0.5, 0.6) is 0 Å². The van der Waals surface area contributed by atoms with Crippen LogP contribution in [0.25, 0.3) is 0 Å². The highest BCUT2D eigenvalue weighted by Crippen LogP contribution is 2.27. The van der Waals surface area contributed by atoms with Crippen LogP contribution in [0.15, 0.2) is 24.8 Å². The van der Waals surface area contributed by atoms with E-state index in [4.69, 9.17) is 43.7 Å². The molecule has 0 aromatic carbocycles. The smallest absolute Gasteiger partial charge is 0.243 e. The summed E-state index contributed by atoms with van der Waals surface area (Å²) in [6.45, 7) is -6.41. The van der Waals surface area contributed by atoms with Crippen LogP contribution in [0.4, 0.5) is 0 Å². The molecule has 0 spiro atoms. The summed E-state index contributed by atoms with van der Waals surface area (Å²) in [6, 6.07) is -6.46. The minimum absolute atomic E-state index is 0.00414. The van der Waals surface area contributed by atoms with Gasteiger partial charge in [-0.25, -0.2) is 24.6 Å². The number of aromatic nitrogens is 12. The van der Waals surface area contributed by atoms with E-state index in [9.17, 15) is 144 Å². The zero-order valence-electron chi connectivity index (χ0n) is 76.5. The van der Waals surface area contributed by atoms with Gasteiger partial charge in [-0.1, -0.05) is 27.3 Å². The molecule has 8 heterocycles. The highest BCUT2D eigenvalue weighted by molar-refractivity contribution is 5.96. The molecule has 141 heavy (non-hydrogen) atoms. The van der Waals surface area contributed by atoms with Crippen molar-refractivity contribution in [2.45, 2.75) is 283 Å². The van der Waals surface area contributed by atoms with E-state index < -0.39 is 308 Å². The van der Waals surface area contributed by atoms with Gasteiger partial charge in [0.1, 0.15) is 145 Å². The number of nitrogens with zero attached hydrogens (tertiary/aromatic N) is 12. The van der Waals surface area contributed by atoms with Gasteiger partial charge in [-0.05, 0) is 38.5 Å². The lowest BCUT2D eigenvalue weighted by Crippen LogP contribution is -2.59. The maximum absolute atomic E-state index is 14.3. The molecule has 24 atom stereocenters. The van der Waals surface area contributed by atoms with Gasteiger partial charge in [0.05, 0.1) is 150 Å². The van der Waals surface area contributed by atoms with E-state index in [1.165, 1.54) is 43.5 Å². The third-order valence-corrected chi connectivity index (χ3v) is 22.1. The summed E-state index contributed by atoms with van der Waals surface area (Å²) in [5.41, 5.74) is 2.81. The fourth-order valence-corrected chi connectivity index (χ4v) is 14.1. The molecule has 4 aliphatic rings. The maximum atomic E-state index is 14.3. The number of ether oxygens (including phenoxy) is 8. The van der Waals surface area contributed by atoms with Crippen LogP contribution in [0.3, 0.4) is 0 Å². The van der Waals surface area contributed by atoms with Gasteiger partial charge in [0.25, 0.3) is 0 Å². The van der Waals surface area contributed by atoms with Crippen LogP contribution < -0.4 is 75.1 Å². The van der Waals surface area contributed by atoms with Crippen molar-refractivity contribution < 1.29 is 182 Å². The van der Waals surface area contributed by atoms with E-state index in [2.05, 4.69) is 105 Å². The zero-order valence-corrected chi connectivity index (χ0v) is 76.5. The third-order valence-electron chi connectivity index (χ3n) is 22.1. The lowest BCUT2D eigenvalue weighted by atomic mass is 9.99. The molecule has 0 saturated carbocycles. The van der Waals surface area contributed by atoms with E-state index >= 15 is 0 Å². The van der Waals surface area contributed by atoms with E-state index in [0.717, 1.165) is 6.92 Å². The number of hydrazine groups is 1. The number of nitrogens with one attached hydrogen (secondary N) is 13. The number of amides is 13. The Balaban J connectivity index is 0.908. The Labute approximate surface area is 800 Å². The van der Waals surface area contributed by atoms with E-state index in [-0.39, 0.29) is 127 Å². The maximum Gasteiger partial charge on any atom is 0.243 e. The molecule has 31 N–H and O–H groups in total. The van der Waals surface area contributed by atoms with E-state index in [1.807, 2.05) is 5.43 Å². The number of hydrogen-bond acceptors (Lipinski definition) is 46. The van der Waals surface area contributed by atoms with Crippen LogP contribution in [0, 0.1) is 0 Å². The van der Waals surface area contributed by atoms with Crippen LogP contribution in [-0.2, 0) is 153 Å². The largest absolute Gasteiger partial charge is 0.394 e. The molecule has 13 amide bonds. The van der Waals surface area contributed by atoms with Gasteiger partial charge in [0.2, 0.25) is 76.8 Å². The molecule has 0 bridgehead atoms. The van der Waals surface area contributed by atoms with Crippen molar-refractivity contribution in [1.82, 2.24) is 129 Å². The summed E-state index contributed by atoms with van der Waals surface area (Å²) >= 11 is 0. The number of rotatable bonds is 60. The summed E-state index contributed by atoms with van der Waals surface area (Å²) in [5, 5.41) is 222. The second-order valence-corrected chi connectivity index (χ2v) is 32.9. The Morgan fingerprint density at radius 1 is 0.326 bits per heavy atom. The summed E-state index contributed by atoms with van der Waals surface area (Å²) in [4.78, 5) is 176. The van der Waals surface area contributed by atoms with Crippen molar-refractivity contribution >= 4 is 76.8 Å². The average molecular weight is 2020 g/mol. The molecule has 790 valence electrons. The highest BCUT2D eigenvalue weighted by atomic mass is 16.7. The predicted octanol–water partition coefficient (Wildman–Crippen LogP) is -19.0. The molecule has 4 aromatic heterocycles. The molecule has 0 radical (unpaired) electrons. The zero-order chi connectivity index (χ0) is 103. The van der Waals surface area contributed by atoms with Gasteiger partial charge < -0.3 is 183 Å². The molecule has 0 aliphatic carbocycles. The molecule has 4 fully saturated rings. The Bertz CT molecular complexity index is 4630. The lowest BCUT2D eigenvalue weighted by Gasteiger charge is -2.39. The number of aliphatic hydroxyl groups excluding tert-OH is 16. The molecule has 4 aliphatic heterocycles. The number of aliphatic hydroxyl groups is 16. The van der Waals surface area contributed by atoms with Gasteiger partial charge in [-0.2, -0.15) is 0 Å². The normalized spacial score (nSPS) is 25.3. The predicted molar refractivity (Wildman–Crippen MR) is 460 cm³/mol. The summed E-state index contributed by atoms with van der Waals surface area (Å²) < 4.78 is 48.5. The first kappa shape index (κ1) is 115. The molecular weight excluding hydrogens is 1890 g/mol. The Hall–Kier alpha value is -11.3. The minimum atomic E-state index is -1.76. The molecule has 4 unspecified atom stereocenters. The average Bonchev–Trinajstić information content (AvgIpc) is 1.71. The van der Waals surface area contributed by atoms with Gasteiger partial charge in [0.15, 0.2) is 25.2 Å². The van der Waals surface area contributed by atoms with Crippen molar-refractivity contribution in [2.24, 2.45) is 5.84 Å². The summed E-state index contributed by atoms with van der Waals surface area (Å²) in [7, 11) is 0. The van der Waals surface area contributed by atoms with Crippen molar-refractivity contribution in [2.75, 3.05) is 79.0 Å². The topological polar surface area (TPSA) is 925 Å². The van der Waals surface area contributed by atoms with Crippen molar-refractivity contribution in [3.05, 3.63) is 47.6 Å². The van der Waals surface area contributed by atoms with Crippen molar-refractivity contribution in [3.63, 3.8) is 0 Å². The first-order chi connectivity index (χ1) is 67.4. The van der Waals surface area contributed by atoms with Gasteiger partial charge >= 0.3 is 0 Å². The van der Waals surface area contributed by atoms with Crippen LogP contribution in [0.2, 0.25) is 0 Å². The number of unbranched alkanes of at least 4 members (excludes halogenated alkanes) is 2. The van der Waals surface area contributed by atoms with Crippen LogP contribution >= 0.6 is 0 Å². The second-order valence-electron chi connectivity index (χ2n) is 32.9. The number of hydrogen-bond donors (Lipinski definition) is 30. The number of carbonyl (C=O) groups excluding carboxylic acids is 13. The Kier molecular flexibility index (Phi) is 48.0. The molecule has 4 saturated heterocycles. The quantitative estimate of drug-likeness (QED) is 0.00845. The summed E-state index contributed by atoms with van der Waals surface area (Å²) in [6.07, 6.45) is -27.6. The van der Waals surface area contributed by atoms with Gasteiger partial charge in [0, 0.05) is 45.6 Å². The fraction of sp³-hybridized carbons (Fsp3) is 0.731. The van der Waals surface area contributed by atoms with Crippen molar-refractivity contribution in [3.8, 4) is 0 Å². The standard InChI is InChI=1S/C78H126N26O37/c1-38(109)88-43(6-10-51(110)81-23-39-30-101(97-93-39)15-19-134-75-67(126)63(122)59(118)47(34-105)138-75)72(131)85-27-57(116)90-45(8-12-53(112)83-25-41-32-103(99-95-41)17-21-136-77-69(128)65(124)61(120)49(36-107)140-77)74(133)87-29-58(117)91-46(9-13-54(113)84-26-42-33-104(100-96-42)18-22-137-78-70(129)66(125)62(121)50(37-108)141-78)73(132)86-28-56(115)89-44(71(130)80-14-4-2-3-5-55(114)92-79)7-11-52(111)82-24-40-31-102(98-94-40)16-20-135-76-68(127)64(123)60(119)48(35-106)139-76/h30-33,43-50,59-70,75-78,105-108,118-129H,2-29,34-37,79H2,1H3,(H,80,130)(H,81,110)(H,82,111)(H,83,112)(H,84,113)(H,85,131)(H,86,132)(H,87,133)(H,88,109)(H,89,115)(H,90,116)(H,91,117)(H,92,114)/t43?,44?,45?,46?,47-,48-,49-,50-,59-,60-,61-,62-,63+,64+,65+,66+,67+,68+,69+,70+,75+,76+,77+,78+/m1/s1. The monoisotopic (exact) mass is 2020 g/mol. The SMILES string of the molecule is CC(=O)NC(CCC(=O)NCc1cn(CCO[C@H]2O[C@H](CO)[C@@H](O)[C@H](O)[C@@H]2O)nn1)C(=O)NCC(=O)NC(CCC(=O)NCc1cn(CCO[C@H]2O[C@H](CO)[C@@H](O)[C@H](O)[C@@H]2O)nn1)C(=O)NCC(=O)NC(CCC(=O)NCc1cn(CCO[C@H]2O[C@H](CO)[C@@H](O)[C@H](O)[C@@H]2O)nn1)C(=O)NCC(=O)NC(CCC(=O)NCc1cn(CCO[C@H]2O[C@H](CO)[C@@H](O)[C@H](O)[C@@H]2O)nn1)C(=O)NCCCCCC(=O)NN. The highest BCUT2D eigenvalue weighted by Gasteiger charge is 2.48. The number of nitrogens with two attached hydrogens (primary N) is 1. The lowest BCUT2D eigenvalue weighted by molar-refractivity contribution is -0.301. The molecule has 4 aromatic rings. The summed E-state index contributed by atoms with van der Waals surface area (Å²) in [5.74, 6) is -6.22. The molecule has 63 nitrogen and oxygen atoms in total. The van der Waals surface area contributed by atoms with E-state index in [0.29, 0.717) is 19.3 Å². The van der Waals surface area contributed by atoms with Crippen LogP contribution in [-0.4, -0.2) is 444 Å². The Morgan fingerprint density at radius 3 is 0.830 bits per heavy atom. The first-order valence-corrected chi connectivity index (χ1v) is 45.0. The second kappa shape index (κ2) is 58.9. The van der Waals surface area contributed by atoms with Crippen molar-refractivity contribution in [1.29, 1.82) is 0 Å². The first-order valence-electron chi connectivity index (χ1n) is 45.0. The van der Waals surface area contributed by atoms with E-state index in [1.54, 1.807) is 0 Å². The minimum Gasteiger partial charge on any atom is -0.394 e. The van der Waals surface area contributed by atoms with Gasteiger partial charge in [-0.15, -0.1) is 20.4 Å². The number of carbonyl (C=O) groups is 13. The molecule has 8 rings (SSSR count). The van der Waals surface area contributed by atoms with Gasteiger partial charge in [-0.3, -0.25) is 67.8 Å². The third kappa shape index (κ3) is 37.5. The fourth-order valence-electron chi connectivity index (χ4n) is 14.1. The molecule has 63 heteroatoms.